The fourth-order valence-corrected chi connectivity index (χ4v) is 0.863. The van der Waals surface area contributed by atoms with Crippen LogP contribution >= 0.6 is 0 Å². The lowest BCUT2D eigenvalue weighted by Gasteiger charge is -2.01. The van der Waals surface area contributed by atoms with Crippen LogP contribution in [0.2, 0.25) is 0 Å². The molecule has 6 nitrogen and oxygen atoms in total. The van der Waals surface area contributed by atoms with Crippen LogP contribution in [0.1, 0.15) is 13.3 Å². The number of hydrogen-bond acceptors (Lipinski definition) is 4. The molecule has 0 radical (unpaired) electrons. The second-order valence-corrected chi connectivity index (χ2v) is 2.50. The predicted octanol–water partition coefficient (Wildman–Crippen LogP) is 0.301. The Hall–Kier alpha value is -1.85. The normalized spacial score (nSPS) is 9.50. The van der Waals surface area contributed by atoms with Gasteiger partial charge in [0.25, 0.3) is 0 Å². The van der Waals surface area contributed by atoms with Gasteiger partial charge in [-0.15, -0.1) is 0 Å². The van der Waals surface area contributed by atoms with E-state index in [2.05, 4.69) is 20.3 Å². The monoisotopic (exact) mass is 197 g/mol. The number of carbonyl (C=O) groups excluding carboxylic acids is 2. The number of amides is 1. The summed E-state index contributed by atoms with van der Waals surface area (Å²) in [5.74, 6) is -0.503. The molecular formula is C8H11N3O3. The molecular weight excluding hydrogens is 186 g/mol. The van der Waals surface area contributed by atoms with Gasteiger partial charge in [-0.25, -0.2) is 0 Å². The first-order valence-electron chi connectivity index (χ1n) is 4.17. The number of nitrogens with zero attached hydrogens (tertiary/aromatic N) is 1. The summed E-state index contributed by atoms with van der Waals surface area (Å²) in [7, 11) is 0. The van der Waals surface area contributed by atoms with Gasteiger partial charge in [0.05, 0.1) is 12.8 Å². The summed E-state index contributed by atoms with van der Waals surface area (Å²) in [5.41, 5.74) is 0. The van der Waals surface area contributed by atoms with Gasteiger partial charge in [0.2, 0.25) is 5.91 Å². The average molecular weight is 197 g/mol. The molecule has 0 saturated carbocycles. The second-order valence-electron chi connectivity index (χ2n) is 2.50. The Kier molecular flexibility index (Phi) is 3.66. The predicted molar refractivity (Wildman–Crippen MR) is 48.5 cm³/mol. The fraction of sp³-hybridized carbons (Fsp3) is 0.375. The van der Waals surface area contributed by atoms with Crippen LogP contribution in [-0.2, 0) is 14.3 Å². The van der Waals surface area contributed by atoms with Gasteiger partial charge < -0.3 is 10.1 Å². The summed E-state index contributed by atoms with van der Waals surface area (Å²) in [5, 5.41) is 8.63. The number of rotatable bonds is 4. The van der Waals surface area contributed by atoms with Crippen molar-refractivity contribution >= 4 is 17.7 Å². The number of hydrogen-bond donors (Lipinski definition) is 2. The highest BCUT2D eigenvalue weighted by Crippen LogP contribution is 1.99. The number of esters is 1. The highest BCUT2D eigenvalue weighted by Gasteiger charge is 2.10. The van der Waals surface area contributed by atoms with Gasteiger partial charge in [-0.3, -0.25) is 14.7 Å². The van der Waals surface area contributed by atoms with E-state index in [1.165, 1.54) is 6.20 Å². The number of aromatic amines is 1. The van der Waals surface area contributed by atoms with Crippen molar-refractivity contribution in [1.82, 2.24) is 10.2 Å². The third kappa shape index (κ3) is 3.26. The van der Waals surface area contributed by atoms with Gasteiger partial charge >= 0.3 is 5.97 Å². The molecule has 0 spiro atoms. The number of nitrogens with one attached hydrogen (secondary N) is 2. The number of H-pyrrole nitrogens is 1. The molecule has 0 fully saturated rings. The van der Waals surface area contributed by atoms with Crippen LogP contribution in [0.5, 0.6) is 0 Å². The van der Waals surface area contributed by atoms with E-state index in [-0.39, 0.29) is 13.0 Å². The Balaban J connectivity index is 2.33. The maximum atomic E-state index is 11.1. The van der Waals surface area contributed by atoms with Crippen LogP contribution in [0.15, 0.2) is 12.3 Å². The molecule has 0 aliphatic rings. The summed E-state index contributed by atoms with van der Waals surface area (Å²) < 4.78 is 4.61. The Morgan fingerprint density at radius 1 is 1.64 bits per heavy atom. The maximum Gasteiger partial charge on any atom is 0.315 e. The van der Waals surface area contributed by atoms with Crippen molar-refractivity contribution in [2.75, 3.05) is 11.9 Å². The molecule has 0 aliphatic heterocycles. The van der Waals surface area contributed by atoms with Gasteiger partial charge in [0.1, 0.15) is 12.2 Å². The van der Waals surface area contributed by atoms with Crippen LogP contribution in [0, 0.1) is 0 Å². The van der Waals surface area contributed by atoms with Gasteiger partial charge in [-0.05, 0) is 6.92 Å². The van der Waals surface area contributed by atoms with E-state index in [1.807, 2.05) is 0 Å². The van der Waals surface area contributed by atoms with Gasteiger partial charge in [-0.2, -0.15) is 5.10 Å². The minimum atomic E-state index is -0.537. The molecule has 0 aliphatic carbocycles. The molecule has 1 aromatic rings. The van der Waals surface area contributed by atoms with Crippen molar-refractivity contribution in [3.05, 3.63) is 12.3 Å². The average Bonchev–Trinajstić information content (AvgIpc) is 2.56. The molecule has 1 heterocycles. The fourth-order valence-electron chi connectivity index (χ4n) is 0.863. The lowest BCUT2D eigenvalue weighted by molar-refractivity contribution is -0.145. The Morgan fingerprint density at radius 2 is 2.43 bits per heavy atom. The third-order valence-corrected chi connectivity index (χ3v) is 1.39. The van der Waals surface area contributed by atoms with E-state index in [1.54, 1.807) is 13.0 Å². The largest absolute Gasteiger partial charge is 0.466 e. The first-order valence-corrected chi connectivity index (χ1v) is 4.17. The van der Waals surface area contributed by atoms with Crippen molar-refractivity contribution < 1.29 is 14.3 Å². The highest BCUT2D eigenvalue weighted by molar-refractivity contribution is 6.01. The molecule has 1 amide bonds. The topological polar surface area (TPSA) is 84.1 Å². The molecule has 76 valence electrons. The minimum absolute atomic E-state index is 0.274. The van der Waals surface area contributed by atoms with E-state index in [9.17, 15) is 9.59 Å². The lowest BCUT2D eigenvalue weighted by Crippen LogP contribution is -2.18. The molecule has 0 unspecified atom stereocenters. The van der Waals surface area contributed by atoms with E-state index >= 15 is 0 Å². The Labute approximate surface area is 80.6 Å². The van der Waals surface area contributed by atoms with Gasteiger partial charge in [0.15, 0.2) is 0 Å². The smallest absolute Gasteiger partial charge is 0.315 e. The van der Waals surface area contributed by atoms with Crippen LogP contribution in [-0.4, -0.2) is 28.7 Å². The van der Waals surface area contributed by atoms with Crippen molar-refractivity contribution in [2.24, 2.45) is 0 Å². The van der Waals surface area contributed by atoms with Crippen molar-refractivity contribution in [1.29, 1.82) is 0 Å². The summed E-state index contributed by atoms with van der Waals surface area (Å²) >= 11 is 0. The SMILES string of the molecule is CCOC(=O)CC(=O)Nc1ccn[nH]1. The molecule has 0 atom stereocenters. The van der Waals surface area contributed by atoms with E-state index < -0.39 is 11.9 Å². The summed E-state index contributed by atoms with van der Waals surface area (Å²) in [6.45, 7) is 1.96. The van der Waals surface area contributed by atoms with Crippen LogP contribution in [0.3, 0.4) is 0 Å². The van der Waals surface area contributed by atoms with E-state index in [0.717, 1.165) is 0 Å². The zero-order valence-electron chi connectivity index (χ0n) is 7.74. The van der Waals surface area contributed by atoms with Crippen LogP contribution in [0.25, 0.3) is 0 Å². The zero-order valence-corrected chi connectivity index (χ0v) is 7.74. The Morgan fingerprint density at radius 3 is 3.00 bits per heavy atom. The molecule has 6 heteroatoms. The summed E-state index contributed by atoms with van der Waals surface area (Å²) in [4.78, 5) is 22.0. The minimum Gasteiger partial charge on any atom is -0.466 e. The third-order valence-electron chi connectivity index (χ3n) is 1.39. The molecule has 1 aromatic heterocycles. The molecule has 2 N–H and O–H groups in total. The zero-order chi connectivity index (χ0) is 10.4. The lowest BCUT2D eigenvalue weighted by atomic mass is 10.4. The van der Waals surface area contributed by atoms with Gasteiger partial charge in [-0.1, -0.05) is 0 Å². The van der Waals surface area contributed by atoms with Crippen LogP contribution in [0.4, 0.5) is 5.82 Å². The number of ether oxygens (including phenoxy) is 1. The molecule has 0 saturated heterocycles. The van der Waals surface area contributed by atoms with E-state index in [0.29, 0.717) is 5.82 Å². The van der Waals surface area contributed by atoms with Crippen molar-refractivity contribution in [3.8, 4) is 0 Å². The molecule has 1 rings (SSSR count). The summed E-state index contributed by atoms with van der Waals surface area (Å²) in [6.07, 6.45) is 1.22. The van der Waals surface area contributed by atoms with Crippen LogP contribution < -0.4 is 5.32 Å². The first kappa shape index (κ1) is 10.2. The van der Waals surface area contributed by atoms with Crippen molar-refractivity contribution in [3.63, 3.8) is 0 Å². The first-order chi connectivity index (χ1) is 6.72. The number of aromatic nitrogens is 2. The Bertz CT molecular complexity index is 308. The molecule has 14 heavy (non-hydrogen) atoms. The highest BCUT2D eigenvalue weighted by atomic mass is 16.5. The number of carbonyl (C=O) groups is 2. The molecule has 0 bridgehead atoms. The molecule has 0 aromatic carbocycles. The summed E-state index contributed by atoms with van der Waals surface area (Å²) in [6, 6.07) is 1.59. The second kappa shape index (κ2) is 5.00. The maximum absolute atomic E-state index is 11.1. The van der Waals surface area contributed by atoms with E-state index in [4.69, 9.17) is 0 Å². The standard InChI is InChI=1S/C8H11N3O3/c1-2-14-8(13)5-7(12)10-6-3-4-9-11-6/h3-4H,2,5H2,1H3,(H2,9,10,11,12). The quantitative estimate of drug-likeness (QED) is 0.537. The van der Waals surface area contributed by atoms with Gasteiger partial charge in [0, 0.05) is 6.07 Å². The van der Waals surface area contributed by atoms with Crippen molar-refractivity contribution in [2.45, 2.75) is 13.3 Å². The number of anilines is 1.